The van der Waals surface area contributed by atoms with Crippen molar-refractivity contribution in [3.05, 3.63) is 24.0 Å². The van der Waals surface area contributed by atoms with Crippen LogP contribution >= 0.6 is 0 Å². The first-order valence-electron chi connectivity index (χ1n) is 5.97. The van der Waals surface area contributed by atoms with Gasteiger partial charge in [-0.2, -0.15) is 0 Å². The molecular weight excluding hydrogens is 253 g/mol. The van der Waals surface area contributed by atoms with E-state index in [1.807, 2.05) is 0 Å². The van der Waals surface area contributed by atoms with Crippen LogP contribution in [0.2, 0.25) is 0 Å². The maximum Gasteiger partial charge on any atom is 0.303 e. The molecule has 0 radical (unpaired) electrons. The van der Waals surface area contributed by atoms with Gasteiger partial charge in [-0.05, 0) is 25.5 Å². The van der Waals surface area contributed by atoms with Gasteiger partial charge in [0.25, 0.3) is 0 Å². The third-order valence-corrected chi connectivity index (χ3v) is 2.31. The van der Waals surface area contributed by atoms with Gasteiger partial charge in [0.1, 0.15) is 11.6 Å². The van der Waals surface area contributed by atoms with Crippen molar-refractivity contribution in [3.8, 4) is 5.75 Å². The van der Waals surface area contributed by atoms with Crippen molar-refractivity contribution in [1.82, 2.24) is 0 Å². The van der Waals surface area contributed by atoms with E-state index in [-0.39, 0.29) is 30.9 Å². The molecule has 0 unspecified atom stereocenters. The second-order valence-electron chi connectivity index (χ2n) is 3.87. The second kappa shape index (κ2) is 7.35. The average molecular weight is 269 g/mol. The van der Waals surface area contributed by atoms with Crippen molar-refractivity contribution in [3.63, 3.8) is 0 Å². The van der Waals surface area contributed by atoms with Gasteiger partial charge in [-0.3, -0.25) is 9.59 Å². The highest BCUT2D eigenvalue weighted by molar-refractivity contribution is 5.92. The molecule has 0 bridgehead atoms. The topological polar surface area (TPSA) is 75.6 Å². The standard InChI is InChI=1S/C13H16FNO4/c1-2-19-11-8-9(14)6-7-10(11)15-12(16)4-3-5-13(17)18/h6-8H,2-5H2,1H3,(H,15,16)(H,17,18). The summed E-state index contributed by atoms with van der Waals surface area (Å²) in [4.78, 5) is 21.9. The van der Waals surface area contributed by atoms with Crippen molar-refractivity contribution in [2.75, 3.05) is 11.9 Å². The number of carboxylic acid groups (broad SMARTS) is 1. The van der Waals surface area contributed by atoms with Gasteiger partial charge in [-0.1, -0.05) is 0 Å². The molecule has 1 aromatic carbocycles. The largest absolute Gasteiger partial charge is 0.492 e. The van der Waals surface area contributed by atoms with Gasteiger partial charge in [0.15, 0.2) is 0 Å². The maximum atomic E-state index is 13.0. The van der Waals surface area contributed by atoms with E-state index >= 15 is 0 Å². The van der Waals surface area contributed by atoms with E-state index < -0.39 is 11.8 Å². The number of nitrogens with one attached hydrogen (secondary N) is 1. The molecule has 1 aromatic rings. The number of aliphatic carboxylic acids is 1. The molecule has 0 aromatic heterocycles. The second-order valence-corrected chi connectivity index (χ2v) is 3.87. The number of carbonyl (C=O) groups is 2. The summed E-state index contributed by atoms with van der Waals surface area (Å²) in [7, 11) is 0. The molecule has 0 atom stereocenters. The Morgan fingerprint density at radius 3 is 2.74 bits per heavy atom. The molecule has 2 N–H and O–H groups in total. The minimum absolute atomic E-state index is 0.0604. The van der Waals surface area contributed by atoms with E-state index in [2.05, 4.69) is 5.32 Å². The van der Waals surface area contributed by atoms with Crippen LogP contribution in [0.3, 0.4) is 0 Å². The Hall–Kier alpha value is -2.11. The van der Waals surface area contributed by atoms with Gasteiger partial charge in [0.05, 0.1) is 12.3 Å². The molecule has 0 aliphatic heterocycles. The van der Waals surface area contributed by atoms with Gasteiger partial charge >= 0.3 is 5.97 Å². The number of halogens is 1. The van der Waals surface area contributed by atoms with Gasteiger partial charge < -0.3 is 15.2 Å². The fourth-order valence-electron chi connectivity index (χ4n) is 1.49. The molecule has 0 fully saturated rings. The highest BCUT2D eigenvalue weighted by Crippen LogP contribution is 2.25. The minimum atomic E-state index is -0.940. The molecule has 1 amide bonds. The molecular formula is C13H16FNO4. The molecule has 1 rings (SSSR count). The van der Waals surface area contributed by atoms with Crippen molar-refractivity contribution in [1.29, 1.82) is 0 Å². The molecule has 0 spiro atoms. The summed E-state index contributed by atoms with van der Waals surface area (Å²) < 4.78 is 18.3. The minimum Gasteiger partial charge on any atom is -0.492 e. The van der Waals surface area contributed by atoms with Crippen LogP contribution in [0.15, 0.2) is 18.2 Å². The normalized spacial score (nSPS) is 10.0. The molecule has 0 aliphatic rings. The SMILES string of the molecule is CCOc1cc(F)ccc1NC(=O)CCCC(=O)O. The summed E-state index contributed by atoms with van der Waals surface area (Å²) in [6, 6.07) is 3.82. The summed E-state index contributed by atoms with van der Waals surface area (Å²) in [5, 5.41) is 11.0. The van der Waals surface area contributed by atoms with Crippen LogP contribution < -0.4 is 10.1 Å². The molecule has 6 heteroatoms. The summed E-state index contributed by atoms with van der Waals surface area (Å²) in [6.45, 7) is 2.11. The summed E-state index contributed by atoms with van der Waals surface area (Å²) >= 11 is 0. The van der Waals surface area contributed by atoms with Crippen molar-refractivity contribution in [2.24, 2.45) is 0 Å². The highest BCUT2D eigenvalue weighted by atomic mass is 19.1. The fraction of sp³-hybridized carbons (Fsp3) is 0.385. The zero-order valence-electron chi connectivity index (χ0n) is 10.6. The third-order valence-electron chi connectivity index (χ3n) is 2.31. The first kappa shape index (κ1) is 14.9. The number of carboxylic acids is 1. The number of carbonyl (C=O) groups excluding carboxylic acids is 1. The zero-order chi connectivity index (χ0) is 14.3. The van der Waals surface area contributed by atoms with Crippen molar-refractivity contribution in [2.45, 2.75) is 26.2 Å². The Labute approximate surface area is 110 Å². The van der Waals surface area contributed by atoms with Gasteiger partial charge in [0, 0.05) is 18.9 Å². The lowest BCUT2D eigenvalue weighted by atomic mass is 10.2. The Balaban J connectivity index is 2.60. The van der Waals surface area contributed by atoms with Crippen molar-refractivity contribution < 1.29 is 23.8 Å². The zero-order valence-corrected chi connectivity index (χ0v) is 10.6. The maximum absolute atomic E-state index is 13.0. The quantitative estimate of drug-likeness (QED) is 0.797. The lowest BCUT2D eigenvalue weighted by Gasteiger charge is -2.11. The van der Waals surface area contributed by atoms with Crippen LogP contribution in [0, 0.1) is 5.82 Å². The number of amides is 1. The van der Waals surface area contributed by atoms with E-state index in [0.29, 0.717) is 12.3 Å². The number of anilines is 1. The molecule has 0 aliphatic carbocycles. The molecule has 0 heterocycles. The summed E-state index contributed by atoms with van der Waals surface area (Å²) in [6.07, 6.45) is 0.288. The monoisotopic (exact) mass is 269 g/mol. The molecule has 0 saturated heterocycles. The van der Waals surface area contributed by atoms with E-state index in [1.165, 1.54) is 18.2 Å². The average Bonchev–Trinajstić information content (AvgIpc) is 2.32. The number of hydrogen-bond donors (Lipinski definition) is 2. The van der Waals surface area contributed by atoms with E-state index in [9.17, 15) is 14.0 Å². The molecule has 104 valence electrons. The van der Waals surface area contributed by atoms with Gasteiger partial charge in [0.2, 0.25) is 5.91 Å². The predicted octanol–water partition coefficient (Wildman–Crippen LogP) is 2.42. The van der Waals surface area contributed by atoms with Crippen LogP contribution in [0.25, 0.3) is 0 Å². The molecule has 0 saturated carbocycles. The Morgan fingerprint density at radius 2 is 2.11 bits per heavy atom. The Morgan fingerprint density at radius 1 is 1.37 bits per heavy atom. The predicted molar refractivity (Wildman–Crippen MR) is 67.7 cm³/mol. The van der Waals surface area contributed by atoms with E-state index in [4.69, 9.17) is 9.84 Å². The lowest BCUT2D eigenvalue weighted by Crippen LogP contribution is -2.13. The smallest absolute Gasteiger partial charge is 0.303 e. The summed E-state index contributed by atoms with van der Waals surface area (Å²) in [5.41, 5.74) is 0.378. The first-order chi connectivity index (χ1) is 9.02. The highest BCUT2D eigenvalue weighted by Gasteiger charge is 2.09. The lowest BCUT2D eigenvalue weighted by molar-refractivity contribution is -0.137. The molecule has 5 nitrogen and oxygen atoms in total. The van der Waals surface area contributed by atoms with Gasteiger partial charge in [-0.25, -0.2) is 4.39 Å². The summed E-state index contributed by atoms with van der Waals surface area (Å²) in [5.74, 6) is -1.46. The van der Waals surface area contributed by atoms with Crippen LogP contribution in [0.1, 0.15) is 26.2 Å². The van der Waals surface area contributed by atoms with Crippen LogP contribution in [0.4, 0.5) is 10.1 Å². The van der Waals surface area contributed by atoms with Gasteiger partial charge in [-0.15, -0.1) is 0 Å². The fourth-order valence-corrected chi connectivity index (χ4v) is 1.49. The molecule has 19 heavy (non-hydrogen) atoms. The van der Waals surface area contributed by atoms with E-state index in [0.717, 1.165) is 0 Å². The van der Waals surface area contributed by atoms with Crippen molar-refractivity contribution >= 4 is 17.6 Å². The number of benzene rings is 1. The van der Waals surface area contributed by atoms with E-state index in [1.54, 1.807) is 6.92 Å². The van der Waals surface area contributed by atoms with Crippen LogP contribution in [0.5, 0.6) is 5.75 Å². The number of hydrogen-bond acceptors (Lipinski definition) is 3. The first-order valence-corrected chi connectivity index (χ1v) is 5.97. The van der Waals surface area contributed by atoms with Crippen LogP contribution in [-0.4, -0.2) is 23.6 Å². The number of ether oxygens (including phenoxy) is 1. The third kappa shape index (κ3) is 5.37. The number of rotatable bonds is 7. The van der Waals surface area contributed by atoms with Crippen LogP contribution in [-0.2, 0) is 9.59 Å². The Bertz CT molecular complexity index is 462. The Kier molecular flexibility index (Phi) is 5.78.